The van der Waals surface area contributed by atoms with E-state index in [0.717, 1.165) is 27.5 Å². The van der Waals surface area contributed by atoms with Gasteiger partial charge in [0.25, 0.3) is 0 Å². The summed E-state index contributed by atoms with van der Waals surface area (Å²) in [5.74, 6) is 4.92. The molecule has 0 aliphatic carbocycles. The summed E-state index contributed by atoms with van der Waals surface area (Å²) in [5, 5.41) is 2.16. The van der Waals surface area contributed by atoms with Crippen molar-refractivity contribution in [2.75, 3.05) is 0 Å². The molecule has 0 saturated heterocycles. The number of hydrogen-bond acceptors (Lipinski definition) is 2. The number of benzene rings is 4. The van der Waals surface area contributed by atoms with E-state index in [9.17, 15) is 4.79 Å². The van der Waals surface area contributed by atoms with E-state index >= 15 is 0 Å². The predicted octanol–water partition coefficient (Wildman–Crippen LogP) is 5.52. The van der Waals surface area contributed by atoms with Gasteiger partial charge in [0, 0.05) is 17.0 Å². The Balaban J connectivity index is 1.71. The summed E-state index contributed by atoms with van der Waals surface area (Å²) in [6, 6.07) is 33.3. The Hall–Kier alpha value is -3.83. The molecule has 0 saturated carbocycles. The lowest BCUT2D eigenvalue weighted by Crippen LogP contribution is -2.11. The minimum Gasteiger partial charge on any atom is -0.443 e. The molecule has 4 rings (SSSR count). The first-order chi connectivity index (χ1) is 13.8. The van der Waals surface area contributed by atoms with Gasteiger partial charge >= 0.3 is 5.97 Å². The lowest BCUT2D eigenvalue weighted by molar-refractivity contribution is -0.140. The van der Waals surface area contributed by atoms with E-state index in [1.54, 1.807) is 0 Å². The van der Waals surface area contributed by atoms with E-state index in [1.165, 1.54) is 0 Å². The first-order valence-corrected chi connectivity index (χ1v) is 9.11. The Kier molecular flexibility index (Phi) is 5.17. The molecule has 4 aromatic rings. The fraction of sp³-hybridized carbons (Fsp3) is 0.0385. The normalized spacial score (nSPS) is 11.3. The van der Waals surface area contributed by atoms with Gasteiger partial charge in [0.1, 0.15) is 0 Å². The highest BCUT2D eigenvalue weighted by molar-refractivity contribution is 5.90. The molecular weight excluding hydrogens is 344 g/mol. The fourth-order valence-electron chi connectivity index (χ4n) is 3.20. The number of fused-ring (bicyclic) bond motifs is 1. The van der Waals surface area contributed by atoms with Crippen LogP contribution in [0.5, 0.6) is 0 Å². The Morgan fingerprint density at radius 3 is 2.14 bits per heavy atom. The topological polar surface area (TPSA) is 26.3 Å². The van der Waals surface area contributed by atoms with Crippen LogP contribution in [0.25, 0.3) is 10.8 Å². The van der Waals surface area contributed by atoms with Crippen molar-refractivity contribution in [1.29, 1.82) is 0 Å². The zero-order valence-electron chi connectivity index (χ0n) is 15.2. The van der Waals surface area contributed by atoms with Crippen LogP contribution in [0.1, 0.15) is 22.8 Å². The Bertz CT molecular complexity index is 1150. The van der Waals surface area contributed by atoms with Crippen molar-refractivity contribution in [3.05, 3.63) is 120 Å². The SMILES string of the molecule is O=C(C#Cc1ccccc1)OC(c1ccccc1)c1cccc2ccccc12. The van der Waals surface area contributed by atoms with Crippen LogP contribution >= 0.6 is 0 Å². The highest BCUT2D eigenvalue weighted by Crippen LogP contribution is 2.31. The van der Waals surface area contributed by atoms with Gasteiger partial charge in [-0.2, -0.15) is 0 Å². The average molecular weight is 362 g/mol. The highest BCUT2D eigenvalue weighted by Gasteiger charge is 2.20. The lowest BCUT2D eigenvalue weighted by Gasteiger charge is -2.19. The van der Waals surface area contributed by atoms with Gasteiger partial charge in [0.05, 0.1) is 0 Å². The summed E-state index contributed by atoms with van der Waals surface area (Å²) in [6.07, 6.45) is -0.523. The van der Waals surface area contributed by atoms with E-state index in [1.807, 2.05) is 91.0 Å². The van der Waals surface area contributed by atoms with Crippen molar-refractivity contribution in [3.8, 4) is 11.8 Å². The Morgan fingerprint density at radius 1 is 0.714 bits per heavy atom. The summed E-state index contributed by atoms with van der Waals surface area (Å²) in [6.45, 7) is 0. The highest BCUT2D eigenvalue weighted by atomic mass is 16.5. The summed E-state index contributed by atoms with van der Waals surface area (Å²) in [5.41, 5.74) is 2.63. The molecule has 0 fully saturated rings. The van der Waals surface area contributed by atoms with Crippen LogP contribution in [0, 0.1) is 11.8 Å². The van der Waals surface area contributed by atoms with Gasteiger partial charge in [-0.1, -0.05) is 96.9 Å². The quantitative estimate of drug-likeness (QED) is 0.354. The Morgan fingerprint density at radius 2 is 1.36 bits per heavy atom. The second kappa shape index (κ2) is 8.24. The minimum absolute atomic E-state index is 0.523. The molecule has 4 aromatic carbocycles. The molecule has 0 aliphatic heterocycles. The summed E-state index contributed by atoms with van der Waals surface area (Å²) < 4.78 is 5.84. The Labute approximate surface area is 164 Å². The number of ether oxygens (including phenoxy) is 1. The molecule has 0 spiro atoms. The zero-order valence-corrected chi connectivity index (χ0v) is 15.2. The van der Waals surface area contributed by atoms with E-state index in [4.69, 9.17) is 4.74 Å². The molecule has 0 N–H and O–H groups in total. The summed E-state index contributed by atoms with van der Waals surface area (Å²) in [4.78, 5) is 12.5. The molecule has 1 atom stereocenters. The standard InChI is InChI=1S/C26H18O2/c27-25(19-18-20-10-3-1-4-11-20)28-26(22-13-5-2-6-14-22)24-17-9-15-21-12-7-8-16-23(21)24/h1-17,26H. The molecule has 28 heavy (non-hydrogen) atoms. The second-order valence-electron chi connectivity index (χ2n) is 6.38. The maximum atomic E-state index is 12.5. The van der Waals surface area contributed by atoms with Crippen LogP contribution < -0.4 is 0 Å². The predicted molar refractivity (Wildman–Crippen MR) is 112 cm³/mol. The van der Waals surface area contributed by atoms with E-state index < -0.39 is 12.1 Å². The molecule has 2 heteroatoms. The van der Waals surface area contributed by atoms with Gasteiger partial charge in [-0.05, 0) is 28.5 Å². The van der Waals surface area contributed by atoms with Crippen molar-refractivity contribution in [1.82, 2.24) is 0 Å². The molecule has 0 amide bonds. The van der Waals surface area contributed by atoms with Gasteiger partial charge in [0.2, 0.25) is 0 Å². The van der Waals surface area contributed by atoms with Crippen molar-refractivity contribution >= 4 is 16.7 Å². The van der Waals surface area contributed by atoms with Crippen molar-refractivity contribution in [3.63, 3.8) is 0 Å². The first-order valence-electron chi connectivity index (χ1n) is 9.11. The van der Waals surface area contributed by atoms with E-state index in [0.29, 0.717) is 0 Å². The smallest absolute Gasteiger partial charge is 0.385 e. The minimum atomic E-state index is -0.550. The molecule has 1 unspecified atom stereocenters. The zero-order chi connectivity index (χ0) is 19.2. The average Bonchev–Trinajstić information content (AvgIpc) is 2.77. The van der Waals surface area contributed by atoms with Crippen molar-refractivity contribution < 1.29 is 9.53 Å². The molecule has 0 aliphatic rings. The van der Waals surface area contributed by atoms with Crippen molar-refractivity contribution in [2.24, 2.45) is 0 Å². The molecule has 2 nitrogen and oxygen atoms in total. The van der Waals surface area contributed by atoms with E-state index in [2.05, 4.69) is 24.0 Å². The van der Waals surface area contributed by atoms with Crippen LogP contribution in [0.4, 0.5) is 0 Å². The summed E-state index contributed by atoms with van der Waals surface area (Å²) in [7, 11) is 0. The van der Waals surface area contributed by atoms with Gasteiger partial charge < -0.3 is 4.74 Å². The molecule has 134 valence electrons. The number of carbonyl (C=O) groups is 1. The van der Waals surface area contributed by atoms with Gasteiger partial charge in [-0.25, -0.2) is 4.79 Å². The first kappa shape index (κ1) is 17.6. The van der Waals surface area contributed by atoms with Crippen LogP contribution in [0.3, 0.4) is 0 Å². The number of carbonyl (C=O) groups excluding carboxylic acids is 1. The largest absolute Gasteiger partial charge is 0.443 e. The molecular formula is C26H18O2. The van der Waals surface area contributed by atoms with Gasteiger partial charge in [-0.3, -0.25) is 0 Å². The summed E-state index contributed by atoms with van der Waals surface area (Å²) >= 11 is 0. The van der Waals surface area contributed by atoms with Crippen molar-refractivity contribution in [2.45, 2.75) is 6.10 Å². The maximum Gasteiger partial charge on any atom is 0.385 e. The maximum absolute atomic E-state index is 12.5. The number of esters is 1. The van der Waals surface area contributed by atoms with Gasteiger partial charge in [-0.15, -0.1) is 0 Å². The molecule has 0 heterocycles. The lowest BCUT2D eigenvalue weighted by atomic mass is 9.96. The van der Waals surface area contributed by atoms with E-state index in [-0.39, 0.29) is 0 Å². The number of hydrogen-bond donors (Lipinski definition) is 0. The molecule has 0 aromatic heterocycles. The third-order valence-corrected chi connectivity index (χ3v) is 4.52. The van der Waals surface area contributed by atoms with Crippen LogP contribution in [0.15, 0.2) is 103 Å². The number of rotatable bonds is 3. The molecule has 0 radical (unpaired) electrons. The van der Waals surface area contributed by atoms with Crippen LogP contribution in [-0.2, 0) is 9.53 Å². The van der Waals surface area contributed by atoms with Gasteiger partial charge in [0.15, 0.2) is 6.10 Å². The second-order valence-corrected chi connectivity index (χ2v) is 6.38. The third-order valence-electron chi connectivity index (χ3n) is 4.52. The molecule has 0 bridgehead atoms. The van der Waals surface area contributed by atoms with Crippen LogP contribution in [0.2, 0.25) is 0 Å². The third kappa shape index (κ3) is 3.95. The monoisotopic (exact) mass is 362 g/mol. The fourth-order valence-corrected chi connectivity index (χ4v) is 3.20. The van der Waals surface area contributed by atoms with Crippen LogP contribution in [-0.4, -0.2) is 5.97 Å².